The third kappa shape index (κ3) is 41.3. The van der Waals surface area contributed by atoms with E-state index in [1.165, 1.54) is 134 Å². The van der Waals surface area contributed by atoms with Gasteiger partial charge in [-0.3, -0.25) is 0 Å². The first-order valence-corrected chi connectivity index (χ1v) is 51.8. The van der Waals surface area contributed by atoms with Crippen LogP contribution in [0.2, 0.25) is 0 Å². The van der Waals surface area contributed by atoms with Gasteiger partial charge in [0, 0.05) is 14.7 Å². The zero-order valence-electron chi connectivity index (χ0n) is 79.5. The van der Waals surface area contributed by atoms with Crippen LogP contribution in [0.4, 0.5) is 57.1 Å². The van der Waals surface area contributed by atoms with Crippen LogP contribution in [0.25, 0.3) is 0 Å². The van der Waals surface area contributed by atoms with E-state index in [1.54, 1.807) is 18.2 Å². The minimum atomic E-state index is -4.90. The lowest BCUT2D eigenvalue weighted by Crippen LogP contribution is -2.11. The first-order chi connectivity index (χ1) is 70.4. The van der Waals surface area contributed by atoms with Crippen molar-refractivity contribution in [3.63, 3.8) is 0 Å². The summed E-state index contributed by atoms with van der Waals surface area (Å²) in [5, 5.41) is 25.6. The van der Waals surface area contributed by atoms with E-state index in [0.29, 0.717) is 39.7 Å². The first-order valence-electron chi connectivity index (χ1n) is 44.0. The van der Waals surface area contributed by atoms with Crippen LogP contribution in [-0.2, 0) is 125 Å². The molecular formula is C111H101F13O14S8+4. The SMILES string of the molecule is CCCCOc1ccc([S+](c2ccccc2)c2ccccc2)cc1.COOOSc1cc(C(F)(F)F)cc(C(F)(F)F)c1.COOOSc1cc(F)ccc1C.COOOSc1ccc(C(F)(F)F)cc1.COOOSc1ccccc1C(F)(F)F.Cc1ccc([S+](c2ccccc2)c2ccc(C)cc2)cc1.Oc1ccc([S+](c2ccccc2)c2ccccc2)cc1.c1ccc([S+](c2ccccc2)c2ccccc2)cc1. The number of phenols is 1. The number of hydrogen-bond donors (Lipinski definition) is 1. The summed E-state index contributed by atoms with van der Waals surface area (Å²) in [5.41, 5.74) is -0.851. The molecule has 0 heterocycles. The van der Waals surface area contributed by atoms with E-state index in [0.717, 1.165) is 80.2 Å². The second-order valence-corrected chi connectivity index (χ2v) is 40.9. The van der Waals surface area contributed by atoms with Gasteiger partial charge in [0.2, 0.25) is 0 Å². The summed E-state index contributed by atoms with van der Waals surface area (Å²) < 4.78 is 184. The monoisotopic (exact) mass is 2160 g/mol. The van der Waals surface area contributed by atoms with E-state index in [4.69, 9.17) is 4.74 Å². The van der Waals surface area contributed by atoms with E-state index < -0.39 is 51.9 Å². The van der Waals surface area contributed by atoms with E-state index in [2.05, 4.69) is 381 Å². The lowest BCUT2D eigenvalue weighted by atomic mass is 10.1. The number of phenolic OH excluding ortho intramolecular Hbond substituents is 1. The topological polar surface area (TPSA) is 140 Å². The third-order valence-corrected chi connectivity index (χ3v) is 30.7. The van der Waals surface area contributed by atoms with Gasteiger partial charge in [-0.1, -0.05) is 233 Å². The molecule has 0 aromatic heterocycles. The Bertz CT molecular complexity index is 6070. The summed E-state index contributed by atoms with van der Waals surface area (Å²) in [6.45, 7) is 9.08. The highest BCUT2D eigenvalue weighted by Crippen LogP contribution is 2.43. The molecule has 35 heteroatoms. The summed E-state index contributed by atoms with van der Waals surface area (Å²) in [6.07, 6.45) is -16.3. The molecule has 16 aromatic carbocycles. The third-order valence-electron chi connectivity index (χ3n) is 19.2. The molecule has 0 aliphatic heterocycles. The van der Waals surface area contributed by atoms with Gasteiger partial charge in [-0.25, -0.2) is 23.9 Å². The number of rotatable bonds is 32. The van der Waals surface area contributed by atoms with E-state index in [9.17, 15) is 62.2 Å². The lowest BCUT2D eigenvalue weighted by molar-refractivity contribution is -0.447. The first kappa shape index (κ1) is 118. The van der Waals surface area contributed by atoms with Crippen LogP contribution < -0.4 is 4.74 Å². The van der Waals surface area contributed by atoms with E-state index in [1.807, 2.05) is 31.2 Å². The summed E-state index contributed by atoms with van der Waals surface area (Å²) in [6, 6.07) is 134. The van der Waals surface area contributed by atoms with Crippen molar-refractivity contribution in [2.24, 2.45) is 0 Å². The maximum Gasteiger partial charge on any atom is 0.417 e. The largest absolute Gasteiger partial charge is 0.508 e. The summed E-state index contributed by atoms with van der Waals surface area (Å²) in [4.78, 5) is 32.9. The van der Waals surface area contributed by atoms with Gasteiger partial charge in [0.25, 0.3) is 0 Å². The molecule has 0 atom stereocenters. The predicted octanol–water partition coefficient (Wildman–Crippen LogP) is 34.0. The Morgan fingerprint density at radius 2 is 0.548 bits per heavy atom. The minimum Gasteiger partial charge on any atom is -0.508 e. The molecule has 16 rings (SSSR count). The van der Waals surface area contributed by atoms with Gasteiger partial charge < -0.3 is 9.84 Å². The minimum absolute atomic E-state index is 0.0146. The predicted molar refractivity (Wildman–Crippen MR) is 548 cm³/mol. The van der Waals surface area contributed by atoms with Crippen LogP contribution in [-0.4, -0.2) is 40.2 Å². The number of aromatic hydroxyl groups is 1. The number of aryl methyl sites for hydroxylation is 3. The van der Waals surface area contributed by atoms with Crippen LogP contribution in [0.15, 0.2) is 503 Å². The van der Waals surface area contributed by atoms with Crippen LogP contribution in [0.1, 0.15) is 58.7 Å². The van der Waals surface area contributed by atoms with Crippen molar-refractivity contribution in [3.05, 3.63) is 469 Å². The smallest absolute Gasteiger partial charge is 0.417 e. The molecule has 0 radical (unpaired) electrons. The number of ether oxygens (including phenoxy) is 1. The molecule has 0 unspecified atom stereocenters. The second-order valence-electron chi connectivity index (χ2n) is 29.7. The molecule has 0 spiro atoms. The zero-order chi connectivity index (χ0) is 105. The number of alkyl halides is 12. The Hall–Kier alpha value is -11.5. The molecule has 0 aliphatic carbocycles. The van der Waals surface area contributed by atoms with Crippen molar-refractivity contribution in [1.82, 2.24) is 0 Å². The number of benzene rings is 16. The van der Waals surface area contributed by atoms with Crippen molar-refractivity contribution in [2.75, 3.05) is 35.0 Å². The highest BCUT2D eigenvalue weighted by Gasteiger charge is 2.39. The molecule has 1 N–H and O–H groups in total. The Labute approximate surface area is 868 Å². The molecular weight excluding hydrogens is 2060 g/mol. The number of halogens is 13. The fourth-order valence-electron chi connectivity index (χ4n) is 12.5. The summed E-state index contributed by atoms with van der Waals surface area (Å²) >= 11 is 2.24. The van der Waals surface area contributed by atoms with Gasteiger partial charge in [-0.2, -0.15) is 52.7 Å². The van der Waals surface area contributed by atoms with Crippen LogP contribution in [0.5, 0.6) is 11.5 Å². The average molecular weight is 2160 g/mol. The van der Waals surface area contributed by atoms with Gasteiger partial charge >= 0.3 is 24.7 Å². The Morgan fingerprint density at radius 3 is 0.856 bits per heavy atom. The maximum atomic E-state index is 12.7. The lowest BCUT2D eigenvalue weighted by Gasteiger charge is -2.13. The molecule has 16 aromatic rings. The summed E-state index contributed by atoms with van der Waals surface area (Å²) in [5.74, 6) is 0.949. The maximum absolute atomic E-state index is 12.7. The molecule has 0 saturated heterocycles. The van der Waals surface area contributed by atoms with Crippen molar-refractivity contribution >= 4 is 91.8 Å². The van der Waals surface area contributed by atoms with Gasteiger partial charge in [0.15, 0.2) is 58.7 Å². The molecule has 0 aliphatic rings. The molecule has 764 valence electrons. The zero-order valence-corrected chi connectivity index (χ0v) is 86.0. The second kappa shape index (κ2) is 63.3. The van der Waals surface area contributed by atoms with Crippen LogP contribution in [0.3, 0.4) is 0 Å². The Kier molecular flexibility index (Phi) is 51.2. The van der Waals surface area contributed by atoms with Gasteiger partial charge in [0.05, 0.1) is 154 Å². The van der Waals surface area contributed by atoms with E-state index >= 15 is 0 Å². The highest BCUT2D eigenvalue weighted by atomic mass is 32.2. The van der Waals surface area contributed by atoms with Gasteiger partial charge in [0.1, 0.15) is 17.3 Å². The molecule has 0 saturated carbocycles. The normalized spacial score (nSPS) is 11.2. The van der Waals surface area contributed by atoms with Gasteiger partial charge in [-0.05, 0) is 269 Å². The number of hydrogen-bond acceptors (Lipinski definition) is 18. The van der Waals surface area contributed by atoms with Crippen LogP contribution >= 0.6 is 48.2 Å². The fourth-order valence-corrected chi connectivity index (χ4v) is 22.8. The Morgan fingerprint density at radius 1 is 0.267 bits per heavy atom. The average Bonchev–Trinajstić information content (AvgIpc) is 0.812. The van der Waals surface area contributed by atoms with Crippen molar-refractivity contribution in [3.8, 4) is 11.5 Å². The van der Waals surface area contributed by atoms with Crippen LogP contribution in [0, 0.1) is 26.6 Å². The molecule has 0 fully saturated rings. The van der Waals surface area contributed by atoms with Gasteiger partial charge in [-0.15, -0.1) is 17.3 Å². The molecule has 0 amide bonds. The van der Waals surface area contributed by atoms with Crippen molar-refractivity contribution in [2.45, 2.75) is 144 Å². The molecule has 14 nitrogen and oxygen atoms in total. The molecule has 146 heavy (non-hydrogen) atoms. The highest BCUT2D eigenvalue weighted by molar-refractivity contribution is 7.98. The van der Waals surface area contributed by atoms with E-state index in [-0.39, 0.29) is 72.4 Å². The summed E-state index contributed by atoms with van der Waals surface area (Å²) in [7, 11) is 4.52. The fraction of sp³-hybridized carbons (Fsp3) is 0.135. The van der Waals surface area contributed by atoms with Crippen molar-refractivity contribution in [1.29, 1.82) is 0 Å². The van der Waals surface area contributed by atoms with Crippen molar-refractivity contribution < 1.29 is 124 Å². The molecule has 0 bridgehead atoms. The quantitative estimate of drug-likeness (QED) is 0.0107. The Balaban J connectivity index is 0.000000187. The standard InChI is InChI=1S/C22H23OS.C20H19S.C18H14OS.C18H15S.C9H6F6O3S.2C8H7F3O3S.C8H9FO3S/c1-2-3-18-23-19-14-16-22(17-15-19)24(20-10-6-4-7-11-20)21-12-8-5-9-13-21;1-16-8-12-19(13-9-16)21(18-6-4-3-5-7-18)20-14-10-17(2)11-15-20;19-15-11-13-18(14-12-15)20(16-7-3-1-4-8-16)17-9-5-2-6-10-17;1-4-10-16(11-5-1)19(17-12-6-2-7-13-17)18-14-8-3-9-15-18;1-16-17-18-19-7-3-5(8(10,11)12)2-6(4-7)9(13,14)15;1-12-13-14-15-7-4-2-6(3-5-7)8(9,10)11;1-12-13-14-15-7-5-3-2-4-6(7)8(9,10)11;1-6-3-4-7(9)5-8(6)13-12-11-10-2/h4-17H,2-3,18H2,1H3;3-15H,1-2H3;1-14H;1-15H;2-4H,1H3;2*2-5H,1H3;3-5H,1-2H3/q2*+1;;+1;;;;/p+1. The number of unbranched alkanes of at least 4 members (excludes halogenated alkanes) is 1.